The van der Waals surface area contributed by atoms with E-state index in [9.17, 15) is 0 Å². The molecule has 0 saturated heterocycles. The summed E-state index contributed by atoms with van der Waals surface area (Å²) in [7, 11) is 0. The van der Waals surface area contributed by atoms with Crippen molar-refractivity contribution in [2.75, 3.05) is 4.90 Å². The quantitative estimate of drug-likeness (QED) is 0.556. The van der Waals surface area contributed by atoms with Crippen LogP contribution in [-0.4, -0.2) is 5.96 Å². The standard InChI is InChI=1S/C23H31N3/c1-15(2)17-8-12-21-18(14-17)9-13-20(26(21)22(24)25)16-6-10-19(11-7-16)23(3,4)5/h6-8,10-12,14-15,20H,9,13H2,1-5H3,(H3,24,25)/t20-/m1/s1. The average molecular weight is 350 g/mol. The van der Waals surface area contributed by atoms with Gasteiger partial charge in [-0.05, 0) is 52.5 Å². The van der Waals surface area contributed by atoms with E-state index in [1.165, 1.54) is 22.3 Å². The second kappa shape index (κ2) is 6.79. The Morgan fingerprint density at radius 2 is 1.77 bits per heavy atom. The first-order valence-corrected chi connectivity index (χ1v) is 9.55. The summed E-state index contributed by atoms with van der Waals surface area (Å²) in [4.78, 5) is 2.00. The zero-order valence-corrected chi connectivity index (χ0v) is 16.6. The number of anilines is 1. The van der Waals surface area contributed by atoms with E-state index in [0.717, 1.165) is 18.5 Å². The lowest BCUT2D eigenvalue weighted by atomic mass is 9.84. The van der Waals surface area contributed by atoms with Crippen LogP contribution in [0.15, 0.2) is 42.5 Å². The van der Waals surface area contributed by atoms with Gasteiger partial charge in [0.15, 0.2) is 5.96 Å². The lowest BCUT2D eigenvalue weighted by molar-refractivity contribution is 0.585. The molecule has 2 aromatic rings. The fourth-order valence-electron chi connectivity index (χ4n) is 3.81. The third kappa shape index (κ3) is 3.48. The first-order chi connectivity index (χ1) is 12.2. The van der Waals surface area contributed by atoms with Gasteiger partial charge in [0.05, 0.1) is 6.04 Å². The molecule has 0 aromatic heterocycles. The smallest absolute Gasteiger partial charge is 0.193 e. The molecular formula is C23H31N3. The van der Waals surface area contributed by atoms with Crippen molar-refractivity contribution in [3.63, 3.8) is 0 Å². The molecule has 0 radical (unpaired) electrons. The minimum Gasteiger partial charge on any atom is -0.370 e. The molecule has 1 atom stereocenters. The van der Waals surface area contributed by atoms with Crippen molar-refractivity contribution in [3.05, 3.63) is 64.7 Å². The summed E-state index contributed by atoms with van der Waals surface area (Å²) in [6.45, 7) is 11.1. The second-order valence-electron chi connectivity index (χ2n) is 8.72. The Balaban J connectivity index is 1.97. The molecule has 3 heteroatoms. The van der Waals surface area contributed by atoms with Gasteiger partial charge in [-0.15, -0.1) is 0 Å². The van der Waals surface area contributed by atoms with Crippen molar-refractivity contribution in [2.45, 2.75) is 64.8 Å². The first kappa shape index (κ1) is 18.5. The van der Waals surface area contributed by atoms with E-state index < -0.39 is 0 Å². The molecule has 0 unspecified atom stereocenters. The van der Waals surface area contributed by atoms with Crippen molar-refractivity contribution in [3.8, 4) is 0 Å². The van der Waals surface area contributed by atoms with Crippen LogP contribution in [0.5, 0.6) is 0 Å². The van der Waals surface area contributed by atoms with Gasteiger partial charge >= 0.3 is 0 Å². The number of nitrogens with one attached hydrogen (secondary N) is 1. The molecule has 26 heavy (non-hydrogen) atoms. The molecule has 0 saturated carbocycles. The minimum absolute atomic E-state index is 0.119. The highest BCUT2D eigenvalue weighted by molar-refractivity contribution is 5.94. The summed E-state index contributed by atoms with van der Waals surface area (Å²) < 4.78 is 0. The topological polar surface area (TPSA) is 53.1 Å². The summed E-state index contributed by atoms with van der Waals surface area (Å²) in [6.07, 6.45) is 1.99. The van der Waals surface area contributed by atoms with Crippen molar-refractivity contribution in [2.24, 2.45) is 5.73 Å². The number of aryl methyl sites for hydroxylation is 1. The van der Waals surface area contributed by atoms with Gasteiger partial charge in [-0.1, -0.05) is 71.0 Å². The van der Waals surface area contributed by atoms with E-state index in [0.29, 0.717) is 5.92 Å². The average Bonchev–Trinajstić information content (AvgIpc) is 2.59. The molecule has 0 aliphatic carbocycles. The summed E-state index contributed by atoms with van der Waals surface area (Å²) in [5, 5.41) is 8.18. The van der Waals surface area contributed by atoms with Gasteiger partial charge in [0.1, 0.15) is 0 Å². The van der Waals surface area contributed by atoms with Crippen LogP contribution in [0.25, 0.3) is 0 Å². The number of nitrogens with zero attached hydrogens (tertiary/aromatic N) is 1. The van der Waals surface area contributed by atoms with Gasteiger partial charge in [0, 0.05) is 5.69 Å². The molecule has 0 fully saturated rings. The highest BCUT2D eigenvalue weighted by Gasteiger charge is 2.30. The maximum absolute atomic E-state index is 8.18. The number of nitrogens with two attached hydrogens (primary N) is 1. The van der Waals surface area contributed by atoms with E-state index in [2.05, 4.69) is 77.1 Å². The van der Waals surface area contributed by atoms with E-state index >= 15 is 0 Å². The molecule has 3 rings (SSSR count). The molecule has 1 aliphatic rings. The van der Waals surface area contributed by atoms with Crippen LogP contribution in [0.1, 0.15) is 75.3 Å². The van der Waals surface area contributed by atoms with Crippen molar-refractivity contribution >= 4 is 11.6 Å². The molecule has 0 bridgehead atoms. The monoisotopic (exact) mass is 349 g/mol. The number of benzene rings is 2. The normalized spacial score (nSPS) is 17.3. The molecule has 0 amide bonds. The van der Waals surface area contributed by atoms with Gasteiger partial charge in [0.2, 0.25) is 0 Å². The molecule has 1 heterocycles. The summed E-state index contributed by atoms with van der Waals surface area (Å²) in [6, 6.07) is 15.6. The van der Waals surface area contributed by atoms with Crippen LogP contribution in [0.4, 0.5) is 5.69 Å². The number of guanidine groups is 1. The minimum atomic E-state index is 0.119. The van der Waals surface area contributed by atoms with Crippen molar-refractivity contribution in [1.29, 1.82) is 5.41 Å². The third-order valence-corrected chi connectivity index (χ3v) is 5.45. The lowest BCUT2D eigenvalue weighted by Gasteiger charge is -2.38. The Labute approximate surface area is 157 Å². The van der Waals surface area contributed by atoms with Crippen molar-refractivity contribution in [1.82, 2.24) is 0 Å². The summed E-state index contributed by atoms with van der Waals surface area (Å²) in [5.41, 5.74) is 12.4. The van der Waals surface area contributed by atoms with Gasteiger partial charge < -0.3 is 10.6 Å². The van der Waals surface area contributed by atoms with Gasteiger partial charge in [-0.2, -0.15) is 0 Å². The number of hydrogen-bond acceptors (Lipinski definition) is 1. The Hall–Kier alpha value is -2.29. The van der Waals surface area contributed by atoms with E-state index in [1.807, 2.05) is 4.90 Å². The molecule has 0 spiro atoms. The predicted molar refractivity (Wildman–Crippen MR) is 111 cm³/mol. The highest BCUT2D eigenvalue weighted by Crippen LogP contribution is 2.39. The Kier molecular flexibility index (Phi) is 4.83. The molecule has 3 nitrogen and oxygen atoms in total. The van der Waals surface area contributed by atoms with Crippen LogP contribution < -0.4 is 10.6 Å². The fourth-order valence-corrected chi connectivity index (χ4v) is 3.81. The zero-order valence-electron chi connectivity index (χ0n) is 16.6. The van der Waals surface area contributed by atoms with Crippen molar-refractivity contribution < 1.29 is 0 Å². The molecule has 2 aromatic carbocycles. The van der Waals surface area contributed by atoms with Crippen LogP contribution in [0.3, 0.4) is 0 Å². The highest BCUT2D eigenvalue weighted by atomic mass is 15.3. The van der Waals surface area contributed by atoms with Crippen LogP contribution in [0.2, 0.25) is 0 Å². The first-order valence-electron chi connectivity index (χ1n) is 9.55. The summed E-state index contributed by atoms with van der Waals surface area (Å²) in [5.74, 6) is 0.627. The second-order valence-corrected chi connectivity index (χ2v) is 8.72. The number of fused-ring (bicyclic) bond motifs is 1. The van der Waals surface area contributed by atoms with Crippen LogP contribution >= 0.6 is 0 Å². The molecular weight excluding hydrogens is 318 g/mol. The summed E-state index contributed by atoms with van der Waals surface area (Å²) >= 11 is 0. The predicted octanol–water partition coefficient (Wildman–Crippen LogP) is 5.49. The maximum Gasteiger partial charge on any atom is 0.193 e. The third-order valence-electron chi connectivity index (χ3n) is 5.45. The van der Waals surface area contributed by atoms with E-state index in [-0.39, 0.29) is 17.4 Å². The number of rotatable bonds is 2. The Bertz CT molecular complexity index is 797. The molecule has 3 N–H and O–H groups in total. The fraction of sp³-hybridized carbons (Fsp3) is 0.435. The largest absolute Gasteiger partial charge is 0.370 e. The van der Waals surface area contributed by atoms with Gasteiger partial charge in [-0.25, -0.2) is 0 Å². The SMILES string of the molecule is CC(C)c1ccc2c(c1)CC[C@H](c1ccc(C(C)(C)C)cc1)N2C(=N)N. The van der Waals surface area contributed by atoms with E-state index in [4.69, 9.17) is 11.1 Å². The van der Waals surface area contributed by atoms with Crippen LogP contribution in [-0.2, 0) is 11.8 Å². The number of hydrogen-bond donors (Lipinski definition) is 2. The lowest BCUT2D eigenvalue weighted by Crippen LogP contribution is -2.42. The van der Waals surface area contributed by atoms with Gasteiger partial charge in [-0.3, -0.25) is 5.41 Å². The van der Waals surface area contributed by atoms with Crippen LogP contribution in [0, 0.1) is 5.41 Å². The Morgan fingerprint density at radius 1 is 1.12 bits per heavy atom. The maximum atomic E-state index is 8.18. The van der Waals surface area contributed by atoms with Gasteiger partial charge in [0.25, 0.3) is 0 Å². The molecule has 138 valence electrons. The van der Waals surface area contributed by atoms with E-state index in [1.54, 1.807) is 0 Å². The zero-order chi connectivity index (χ0) is 19.1. The Morgan fingerprint density at radius 3 is 2.31 bits per heavy atom. The molecule has 1 aliphatic heterocycles.